The maximum Gasteiger partial charge on any atom is 0.259 e. The Morgan fingerprint density at radius 2 is 2.15 bits per heavy atom. The topological polar surface area (TPSA) is 75.4 Å². The van der Waals surface area contributed by atoms with Crippen LogP contribution in [0.15, 0.2) is 10.7 Å². The number of hydrogen-bond donors (Lipinski definition) is 0. The molecule has 0 unspecified atom stereocenters. The molecule has 1 amide bonds. The van der Waals surface area contributed by atoms with Crippen molar-refractivity contribution in [2.75, 3.05) is 26.7 Å². The zero-order valence-corrected chi connectivity index (χ0v) is 15.7. The number of fused-ring (bicyclic) bond motifs is 1. The summed E-state index contributed by atoms with van der Waals surface area (Å²) in [5, 5.41) is 3.91. The Morgan fingerprint density at radius 3 is 2.92 bits per heavy atom. The Kier molecular flexibility index (Phi) is 4.48. The first kappa shape index (κ1) is 17.1. The molecule has 0 aromatic carbocycles. The third-order valence-corrected chi connectivity index (χ3v) is 5.46. The minimum absolute atomic E-state index is 0.00512. The standard InChI is InChI=1S/C19H25N5O2/c1-12-17(13(2)26-22-12)19(25)24-7-4-5-14(11-24)18-20-9-15-10-23(3)8-6-16(15)21-18/h9,14H,4-8,10-11H2,1-3H3/t14-/m1/s1. The zero-order valence-electron chi connectivity index (χ0n) is 15.7. The third kappa shape index (κ3) is 3.11. The quantitative estimate of drug-likeness (QED) is 0.821. The summed E-state index contributed by atoms with van der Waals surface area (Å²) in [7, 11) is 2.12. The van der Waals surface area contributed by atoms with Crippen molar-refractivity contribution >= 4 is 5.91 Å². The molecular formula is C19H25N5O2. The van der Waals surface area contributed by atoms with E-state index >= 15 is 0 Å². The first-order valence-electron chi connectivity index (χ1n) is 9.28. The SMILES string of the molecule is Cc1noc(C)c1C(=O)N1CCC[C@@H](c2ncc3c(n2)CCN(C)C3)C1. The Labute approximate surface area is 153 Å². The van der Waals surface area contributed by atoms with Gasteiger partial charge >= 0.3 is 0 Å². The summed E-state index contributed by atoms with van der Waals surface area (Å²) < 4.78 is 5.16. The fraction of sp³-hybridized carbons (Fsp3) is 0.579. The molecule has 0 radical (unpaired) electrons. The maximum atomic E-state index is 12.9. The molecular weight excluding hydrogens is 330 g/mol. The zero-order chi connectivity index (χ0) is 18.3. The highest BCUT2D eigenvalue weighted by Crippen LogP contribution is 2.28. The molecule has 7 heteroatoms. The van der Waals surface area contributed by atoms with Gasteiger partial charge in [-0.1, -0.05) is 5.16 Å². The molecule has 0 N–H and O–H groups in total. The van der Waals surface area contributed by atoms with Crippen LogP contribution in [0.4, 0.5) is 0 Å². The number of likely N-dealkylation sites (N-methyl/N-ethyl adjacent to an activating group) is 1. The molecule has 138 valence electrons. The maximum absolute atomic E-state index is 12.9. The van der Waals surface area contributed by atoms with Crippen LogP contribution < -0.4 is 0 Å². The predicted molar refractivity (Wildman–Crippen MR) is 95.9 cm³/mol. The van der Waals surface area contributed by atoms with E-state index in [0.717, 1.165) is 44.7 Å². The van der Waals surface area contributed by atoms with Crippen molar-refractivity contribution in [3.8, 4) is 0 Å². The Morgan fingerprint density at radius 1 is 1.31 bits per heavy atom. The van der Waals surface area contributed by atoms with E-state index in [0.29, 0.717) is 23.6 Å². The number of carbonyl (C=O) groups is 1. The molecule has 1 fully saturated rings. The number of rotatable bonds is 2. The second-order valence-corrected chi connectivity index (χ2v) is 7.48. The molecule has 1 saturated heterocycles. The minimum atomic E-state index is 0.00512. The number of likely N-dealkylation sites (tertiary alicyclic amines) is 1. The van der Waals surface area contributed by atoms with Gasteiger partial charge in [0.2, 0.25) is 0 Å². The summed E-state index contributed by atoms with van der Waals surface area (Å²) in [5.41, 5.74) is 3.65. The van der Waals surface area contributed by atoms with E-state index < -0.39 is 0 Å². The van der Waals surface area contributed by atoms with Gasteiger partial charge in [0.1, 0.15) is 17.1 Å². The van der Waals surface area contributed by atoms with Crippen LogP contribution in [0.25, 0.3) is 0 Å². The van der Waals surface area contributed by atoms with E-state index in [1.54, 1.807) is 6.92 Å². The number of carbonyl (C=O) groups excluding carboxylic acids is 1. The number of aromatic nitrogens is 3. The van der Waals surface area contributed by atoms with Crippen LogP contribution in [0.5, 0.6) is 0 Å². The average molecular weight is 355 g/mol. The molecule has 4 heterocycles. The lowest BCUT2D eigenvalue weighted by atomic mass is 9.95. The number of aryl methyl sites for hydroxylation is 2. The van der Waals surface area contributed by atoms with Gasteiger partial charge in [0.05, 0.1) is 5.69 Å². The van der Waals surface area contributed by atoms with Crippen molar-refractivity contribution in [3.63, 3.8) is 0 Å². The van der Waals surface area contributed by atoms with Crippen molar-refractivity contribution in [1.29, 1.82) is 0 Å². The predicted octanol–water partition coefficient (Wildman–Crippen LogP) is 2.09. The van der Waals surface area contributed by atoms with E-state index in [9.17, 15) is 4.79 Å². The lowest BCUT2D eigenvalue weighted by molar-refractivity contribution is 0.0702. The highest BCUT2D eigenvalue weighted by molar-refractivity contribution is 5.96. The summed E-state index contributed by atoms with van der Waals surface area (Å²) in [6.07, 6.45) is 4.92. The Bertz CT molecular complexity index is 812. The van der Waals surface area contributed by atoms with Crippen LogP contribution in [-0.4, -0.2) is 57.5 Å². The summed E-state index contributed by atoms with van der Waals surface area (Å²) in [6.45, 7) is 6.96. The third-order valence-electron chi connectivity index (χ3n) is 5.46. The number of piperidine rings is 1. The van der Waals surface area contributed by atoms with E-state index in [2.05, 4.69) is 22.1 Å². The molecule has 2 aliphatic rings. The number of nitrogens with zero attached hydrogens (tertiary/aromatic N) is 5. The molecule has 26 heavy (non-hydrogen) atoms. The van der Waals surface area contributed by atoms with Crippen LogP contribution >= 0.6 is 0 Å². The van der Waals surface area contributed by atoms with E-state index in [4.69, 9.17) is 9.51 Å². The first-order chi connectivity index (χ1) is 12.5. The Balaban J connectivity index is 1.53. The van der Waals surface area contributed by atoms with Crippen LogP contribution in [0.1, 0.15) is 57.7 Å². The van der Waals surface area contributed by atoms with Crippen LogP contribution in [-0.2, 0) is 13.0 Å². The van der Waals surface area contributed by atoms with Crippen LogP contribution in [0, 0.1) is 13.8 Å². The molecule has 0 aliphatic carbocycles. The highest BCUT2D eigenvalue weighted by Gasteiger charge is 2.30. The largest absolute Gasteiger partial charge is 0.361 e. The average Bonchev–Trinajstić information content (AvgIpc) is 2.99. The smallest absolute Gasteiger partial charge is 0.259 e. The van der Waals surface area contributed by atoms with E-state index in [1.807, 2.05) is 18.0 Å². The molecule has 0 saturated carbocycles. The lowest BCUT2D eigenvalue weighted by Crippen LogP contribution is -2.40. The van der Waals surface area contributed by atoms with Crippen molar-refractivity contribution < 1.29 is 9.32 Å². The number of hydrogen-bond acceptors (Lipinski definition) is 6. The molecule has 1 atom stereocenters. The highest BCUT2D eigenvalue weighted by atomic mass is 16.5. The van der Waals surface area contributed by atoms with Crippen molar-refractivity contribution in [3.05, 3.63) is 40.3 Å². The lowest BCUT2D eigenvalue weighted by Gasteiger charge is -2.32. The van der Waals surface area contributed by atoms with Gasteiger partial charge in [0.15, 0.2) is 0 Å². The molecule has 2 aliphatic heterocycles. The summed E-state index contributed by atoms with van der Waals surface area (Å²) in [4.78, 5) is 26.6. The van der Waals surface area contributed by atoms with E-state index in [1.165, 1.54) is 11.3 Å². The fourth-order valence-corrected chi connectivity index (χ4v) is 3.99. The molecule has 0 spiro atoms. The fourth-order valence-electron chi connectivity index (χ4n) is 3.99. The summed E-state index contributed by atoms with van der Waals surface area (Å²) in [5.74, 6) is 1.66. The van der Waals surface area contributed by atoms with Gasteiger partial charge in [-0.15, -0.1) is 0 Å². The molecule has 2 aromatic rings. The van der Waals surface area contributed by atoms with Gasteiger partial charge in [-0.05, 0) is 33.7 Å². The Hall–Kier alpha value is -2.28. The molecule has 7 nitrogen and oxygen atoms in total. The molecule has 4 rings (SSSR count). The normalized spacial score (nSPS) is 20.9. The number of amides is 1. The van der Waals surface area contributed by atoms with Crippen LogP contribution in [0.2, 0.25) is 0 Å². The van der Waals surface area contributed by atoms with Gasteiger partial charge in [0, 0.05) is 56.0 Å². The van der Waals surface area contributed by atoms with E-state index in [-0.39, 0.29) is 11.8 Å². The summed E-state index contributed by atoms with van der Waals surface area (Å²) in [6, 6.07) is 0. The van der Waals surface area contributed by atoms with Gasteiger partial charge in [-0.2, -0.15) is 0 Å². The van der Waals surface area contributed by atoms with Gasteiger partial charge in [-0.3, -0.25) is 4.79 Å². The van der Waals surface area contributed by atoms with Gasteiger partial charge in [0.25, 0.3) is 5.91 Å². The van der Waals surface area contributed by atoms with Gasteiger partial charge < -0.3 is 14.3 Å². The van der Waals surface area contributed by atoms with Gasteiger partial charge in [-0.25, -0.2) is 9.97 Å². The monoisotopic (exact) mass is 355 g/mol. The molecule has 2 aromatic heterocycles. The van der Waals surface area contributed by atoms with Crippen molar-refractivity contribution in [1.82, 2.24) is 24.9 Å². The minimum Gasteiger partial charge on any atom is -0.361 e. The van der Waals surface area contributed by atoms with Crippen LogP contribution in [0.3, 0.4) is 0 Å². The first-order valence-corrected chi connectivity index (χ1v) is 9.28. The van der Waals surface area contributed by atoms with Crippen molar-refractivity contribution in [2.24, 2.45) is 0 Å². The molecule has 0 bridgehead atoms. The van der Waals surface area contributed by atoms with Crippen molar-refractivity contribution in [2.45, 2.75) is 45.6 Å². The summed E-state index contributed by atoms with van der Waals surface area (Å²) >= 11 is 0. The second kappa shape index (κ2) is 6.79. The second-order valence-electron chi connectivity index (χ2n) is 7.48.